The fourth-order valence-corrected chi connectivity index (χ4v) is 3.19. The largest absolute Gasteiger partial charge is 0.493 e. The summed E-state index contributed by atoms with van der Waals surface area (Å²) in [6, 6.07) is 9.91. The number of hydrogen-bond donors (Lipinski definition) is 1. The maximum atomic E-state index is 12.0. The van der Waals surface area contributed by atoms with E-state index in [4.69, 9.17) is 9.47 Å². The van der Waals surface area contributed by atoms with E-state index in [-0.39, 0.29) is 5.91 Å². The highest BCUT2D eigenvalue weighted by Gasteiger charge is 2.08. The number of amides is 1. The van der Waals surface area contributed by atoms with E-state index >= 15 is 0 Å². The second kappa shape index (κ2) is 9.30. The number of carbonyl (C=O) groups is 1. The van der Waals surface area contributed by atoms with Crippen molar-refractivity contribution in [2.45, 2.75) is 13.0 Å². The van der Waals surface area contributed by atoms with E-state index in [2.05, 4.69) is 11.4 Å². The van der Waals surface area contributed by atoms with Gasteiger partial charge in [0.25, 0.3) is 0 Å². The summed E-state index contributed by atoms with van der Waals surface area (Å²) in [5.41, 5.74) is 1.10. The molecule has 1 aromatic carbocycles. The zero-order valence-corrected chi connectivity index (χ0v) is 15.2. The van der Waals surface area contributed by atoms with Crippen LogP contribution < -0.4 is 14.8 Å². The number of benzene rings is 1. The second-order valence-corrected chi connectivity index (χ2v) is 6.57. The van der Waals surface area contributed by atoms with Gasteiger partial charge in [0.05, 0.1) is 20.8 Å². The van der Waals surface area contributed by atoms with Crippen molar-refractivity contribution in [2.24, 2.45) is 0 Å². The molecule has 0 saturated carbocycles. The van der Waals surface area contributed by atoms with Gasteiger partial charge in [-0.15, -0.1) is 11.3 Å². The molecular weight excluding hydrogens is 324 g/mol. The molecular formula is C18H24N2O3S. The maximum Gasteiger partial charge on any atom is 0.234 e. The minimum atomic E-state index is 0.0366. The number of nitrogens with one attached hydrogen (secondary N) is 1. The van der Waals surface area contributed by atoms with E-state index in [0.29, 0.717) is 24.6 Å². The van der Waals surface area contributed by atoms with Crippen molar-refractivity contribution in [1.82, 2.24) is 10.2 Å². The number of hydrogen-bond acceptors (Lipinski definition) is 5. The summed E-state index contributed by atoms with van der Waals surface area (Å²) in [5, 5.41) is 5.01. The van der Waals surface area contributed by atoms with Crippen LogP contribution in [0.5, 0.6) is 11.5 Å². The molecule has 0 bridgehead atoms. The molecule has 2 aromatic rings. The molecule has 130 valence electrons. The Morgan fingerprint density at radius 3 is 2.67 bits per heavy atom. The first-order valence-corrected chi connectivity index (χ1v) is 8.69. The molecule has 0 aliphatic carbocycles. The molecule has 1 amide bonds. The van der Waals surface area contributed by atoms with Gasteiger partial charge in [-0.3, -0.25) is 9.69 Å². The third kappa shape index (κ3) is 5.54. The Morgan fingerprint density at radius 1 is 1.21 bits per heavy atom. The number of methoxy groups -OCH3 is 2. The fourth-order valence-electron chi connectivity index (χ4n) is 2.41. The second-order valence-electron chi connectivity index (χ2n) is 5.54. The molecule has 24 heavy (non-hydrogen) atoms. The lowest BCUT2D eigenvalue weighted by atomic mass is 10.1. The molecule has 1 N–H and O–H groups in total. The molecule has 5 nitrogen and oxygen atoms in total. The molecule has 0 saturated heterocycles. The minimum absolute atomic E-state index is 0.0366. The van der Waals surface area contributed by atoms with Crippen LogP contribution in [0.1, 0.15) is 10.4 Å². The van der Waals surface area contributed by atoms with Crippen LogP contribution >= 0.6 is 11.3 Å². The molecule has 0 aliphatic rings. The summed E-state index contributed by atoms with van der Waals surface area (Å²) in [4.78, 5) is 15.3. The van der Waals surface area contributed by atoms with Crippen molar-refractivity contribution in [3.05, 3.63) is 46.2 Å². The first-order chi connectivity index (χ1) is 11.6. The van der Waals surface area contributed by atoms with Gasteiger partial charge in [0.1, 0.15) is 0 Å². The van der Waals surface area contributed by atoms with Crippen molar-refractivity contribution in [3.8, 4) is 11.5 Å². The first-order valence-electron chi connectivity index (χ1n) is 7.81. The van der Waals surface area contributed by atoms with Crippen LogP contribution in [0, 0.1) is 0 Å². The Bertz CT molecular complexity index is 644. The smallest absolute Gasteiger partial charge is 0.234 e. The summed E-state index contributed by atoms with van der Waals surface area (Å²) in [5.74, 6) is 1.45. The van der Waals surface area contributed by atoms with Gasteiger partial charge in [-0.2, -0.15) is 0 Å². The van der Waals surface area contributed by atoms with Gasteiger partial charge < -0.3 is 14.8 Å². The zero-order valence-electron chi connectivity index (χ0n) is 14.4. The topological polar surface area (TPSA) is 50.8 Å². The standard InChI is InChI=1S/C18H24N2O3S/c1-20(12-15-5-4-10-24-15)13-18(21)19-9-8-14-6-7-16(22-2)17(11-14)23-3/h4-7,10-11H,8-9,12-13H2,1-3H3,(H,19,21). The quantitative estimate of drug-likeness (QED) is 0.757. The molecule has 2 rings (SSSR count). The monoisotopic (exact) mass is 348 g/mol. The Balaban J connectivity index is 1.74. The predicted octanol–water partition coefficient (Wildman–Crippen LogP) is 2.56. The van der Waals surface area contributed by atoms with E-state index in [1.807, 2.05) is 41.6 Å². The van der Waals surface area contributed by atoms with Crippen molar-refractivity contribution in [3.63, 3.8) is 0 Å². The third-order valence-electron chi connectivity index (χ3n) is 3.60. The summed E-state index contributed by atoms with van der Waals surface area (Å²) in [6.07, 6.45) is 0.751. The number of likely N-dealkylation sites (N-methyl/N-ethyl adjacent to an activating group) is 1. The van der Waals surface area contributed by atoms with E-state index in [1.165, 1.54) is 4.88 Å². The average Bonchev–Trinajstić information content (AvgIpc) is 3.07. The van der Waals surface area contributed by atoms with E-state index in [1.54, 1.807) is 25.6 Å². The van der Waals surface area contributed by atoms with E-state index in [0.717, 1.165) is 18.5 Å². The van der Waals surface area contributed by atoms with Crippen molar-refractivity contribution >= 4 is 17.2 Å². The molecule has 6 heteroatoms. The zero-order chi connectivity index (χ0) is 17.4. The molecule has 0 spiro atoms. The summed E-state index contributed by atoms with van der Waals surface area (Å²) in [7, 11) is 5.19. The van der Waals surface area contributed by atoms with Gasteiger partial charge in [0.2, 0.25) is 5.91 Å². The van der Waals surface area contributed by atoms with Crippen LogP contribution in [0.4, 0.5) is 0 Å². The predicted molar refractivity (Wildman–Crippen MR) is 96.9 cm³/mol. The van der Waals surface area contributed by atoms with Gasteiger partial charge in [-0.05, 0) is 42.6 Å². The molecule has 1 heterocycles. The lowest BCUT2D eigenvalue weighted by molar-refractivity contribution is -0.122. The molecule has 0 radical (unpaired) electrons. The van der Waals surface area contributed by atoms with Gasteiger partial charge >= 0.3 is 0 Å². The Labute approximate surface area is 147 Å². The van der Waals surface area contributed by atoms with Gasteiger partial charge in [0.15, 0.2) is 11.5 Å². The lowest BCUT2D eigenvalue weighted by Crippen LogP contribution is -2.35. The number of thiophene rings is 1. The Kier molecular flexibility index (Phi) is 7.08. The number of nitrogens with zero attached hydrogens (tertiary/aromatic N) is 1. The number of carbonyl (C=O) groups excluding carboxylic acids is 1. The summed E-state index contributed by atoms with van der Waals surface area (Å²) < 4.78 is 10.5. The highest BCUT2D eigenvalue weighted by atomic mass is 32.1. The van der Waals surface area contributed by atoms with Crippen LogP contribution in [0.25, 0.3) is 0 Å². The minimum Gasteiger partial charge on any atom is -0.493 e. The average molecular weight is 348 g/mol. The van der Waals surface area contributed by atoms with Crippen molar-refractivity contribution < 1.29 is 14.3 Å². The molecule has 0 aliphatic heterocycles. The van der Waals surface area contributed by atoms with Crippen LogP contribution in [-0.4, -0.2) is 45.2 Å². The third-order valence-corrected chi connectivity index (χ3v) is 4.46. The van der Waals surface area contributed by atoms with Crippen LogP contribution in [0.2, 0.25) is 0 Å². The maximum absolute atomic E-state index is 12.0. The SMILES string of the molecule is COc1ccc(CCNC(=O)CN(C)Cc2cccs2)cc1OC. The summed E-state index contributed by atoms with van der Waals surface area (Å²) >= 11 is 1.70. The van der Waals surface area contributed by atoms with E-state index in [9.17, 15) is 4.79 Å². The highest BCUT2D eigenvalue weighted by Crippen LogP contribution is 2.27. The number of rotatable bonds is 9. The molecule has 0 unspecified atom stereocenters. The fraction of sp³-hybridized carbons (Fsp3) is 0.389. The van der Waals surface area contributed by atoms with Gasteiger partial charge in [-0.25, -0.2) is 0 Å². The Hall–Kier alpha value is -2.05. The van der Waals surface area contributed by atoms with Crippen molar-refractivity contribution in [2.75, 3.05) is 34.4 Å². The first kappa shape index (κ1) is 18.3. The van der Waals surface area contributed by atoms with E-state index < -0.39 is 0 Å². The molecule has 1 aromatic heterocycles. The van der Waals surface area contributed by atoms with Gasteiger partial charge in [-0.1, -0.05) is 12.1 Å². The van der Waals surface area contributed by atoms with Crippen LogP contribution in [0.3, 0.4) is 0 Å². The molecule has 0 fully saturated rings. The van der Waals surface area contributed by atoms with Crippen LogP contribution in [0.15, 0.2) is 35.7 Å². The Morgan fingerprint density at radius 2 is 2.00 bits per heavy atom. The van der Waals surface area contributed by atoms with Gasteiger partial charge in [0, 0.05) is 18.0 Å². The number of ether oxygens (including phenoxy) is 2. The lowest BCUT2D eigenvalue weighted by Gasteiger charge is -2.15. The van der Waals surface area contributed by atoms with Crippen LogP contribution in [-0.2, 0) is 17.8 Å². The van der Waals surface area contributed by atoms with Crippen molar-refractivity contribution in [1.29, 1.82) is 0 Å². The normalized spacial score (nSPS) is 10.7. The highest BCUT2D eigenvalue weighted by molar-refractivity contribution is 7.09. The summed E-state index contributed by atoms with van der Waals surface area (Å²) in [6.45, 7) is 1.78. The molecule has 0 atom stereocenters.